The van der Waals surface area contributed by atoms with Crippen molar-refractivity contribution >= 4 is 17.3 Å². The first-order chi connectivity index (χ1) is 20.4. The van der Waals surface area contributed by atoms with Crippen LogP contribution in [0.5, 0.6) is 0 Å². The monoisotopic (exact) mass is 568 g/mol. The maximum absolute atomic E-state index is 13.8. The standard InChI is InChI=1S/C34H37FN4O3/c1-23(40)24-6-8-25(9-7-24)28-12-15-32-36-33(26-10-13-29(35)14-11-26)31(39(32)21-28)22-37-16-18-38(19-17-37)34(41)27-4-3-5-30(20-27)42-2/h6-15,21,27,30H,3-5,16-20,22H2,1-2H3/t27-,30-/m0/s1. The van der Waals surface area contributed by atoms with Gasteiger partial charge in [-0.15, -0.1) is 0 Å². The number of pyridine rings is 1. The van der Waals surface area contributed by atoms with Crippen LogP contribution in [0.25, 0.3) is 28.0 Å². The quantitative estimate of drug-likeness (QED) is 0.261. The first kappa shape index (κ1) is 28.2. The Morgan fingerprint density at radius 1 is 0.905 bits per heavy atom. The summed E-state index contributed by atoms with van der Waals surface area (Å²) in [6.07, 6.45) is 6.11. The van der Waals surface area contributed by atoms with Crippen LogP contribution < -0.4 is 0 Å². The molecule has 1 aliphatic heterocycles. The second kappa shape index (κ2) is 12.2. The summed E-state index contributed by atoms with van der Waals surface area (Å²) in [4.78, 5) is 34.4. The number of nitrogens with zero attached hydrogens (tertiary/aromatic N) is 4. The number of piperazine rings is 1. The van der Waals surface area contributed by atoms with E-state index in [0.29, 0.717) is 25.2 Å². The van der Waals surface area contributed by atoms with E-state index in [9.17, 15) is 14.0 Å². The first-order valence-corrected chi connectivity index (χ1v) is 14.8. The highest BCUT2D eigenvalue weighted by molar-refractivity contribution is 5.94. The number of carbonyl (C=O) groups excluding carboxylic acids is 2. The van der Waals surface area contributed by atoms with Crippen molar-refractivity contribution in [2.24, 2.45) is 5.92 Å². The van der Waals surface area contributed by atoms with Crippen molar-refractivity contribution in [3.8, 4) is 22.4 Å². The summed E-state index contributed by atoms with van der Waals surface area (Å²) in [6.45, 7) is 5.16. The minimum atomic E-state index is -0.282. The van der Waals surface area contributed by atoms with E-state index in [1.807, 2.05) is 41.3 Å². The molecule has 218 valence electrons. The average molecular weight is 569 g/mol. The fourth-order valence-corrected chi connectivity index (χ4v) is 6.33. The van der Waals surface area contributed by atoms with E-state index in [-0.39, 0.29) is 29.5 Å². The molecule has 1 amide bonds. The van der Waals surface area contributed by atoms with E-state index in [1.165, 1.54) is 12.1 Å². The van der Waals surface area contributed by atoms with E-state index < -0.39 is 0 Å². The van der Waals surface area contributed by atoms with Gasteiger partial charge < -0.3 is 14.0 Å². The van der Waals surface area contributed by atoms with Gasteiger partial charge in [-0.05, 0) is 73.7 Å². The van der Waals surface area contributed by atoms with Gasteiger partial charge in [0.15, 0.2) is 5.78 Å². The molecule has 2 atom stereocenters. The van der Waals surface area contributed by atoms with Gasteiger partial charge in [-0.2, -0.15) is 0 Å². The number of methoxy groups -OCH3 is 1. The van der Waals surface area contributed by atoms with Crippen LogP contribution in [-0.2, 0) is 16.1 Å². The Balaban J connectivity index is 1.25. The highest BCUT2D eigenvalue weighted by atomic mass is 19.1. The highest BCUT2D eigenvalue weighted by Crippen LogP contribution is 2.30. The molecule has 2 aromatic heterocycles. The van der Waals surface area contributed by atoms with Crippen LogP contribution in [0.3, 0.4) is 0 Å². The lowest BCUT2D eigenvalue weighted by Crippen LogP contribution is -2.50. The Morgan fingerprint density at radius 2 is 1.60 bits per heavy atom. The number of ether oxygens (including phenoxy) is 1. The molecule has 42 heavy (non-hydrogen) atoms. The van der Waals surface area contributed by atoms with Crippen molar-refractivity contribution < 1.29 is 18.7 Å². The van der Waals surface area contributed by atoms with Crippen LogP contribution in [0.2, 0.25) is 0 Å². The zero-order valence-corrected chi connectivity index (χ0v) is 24.3. The Hall–Kier alpha value is -3.88. The molecule has 1 saturated carbocycles. The summed E-state index contributed by atoms with van der Waals surface area (Å²) in [5.41, 5.74) is 6.23. The van der Waals surface area contributed by atoms with Gasteiger partial charge in [-0.3, -0.25) is 14.5 Å². The van der Waals surface area contributed by atoms with Gasteiger partial charge in [-0.25, -0.2) is 9.37 Å². The second-order valence-corrected chi connectivity index (χ2v) is 11.5. The number of amides is 1. The van der Waals surface area contributed by atoms with Crippen LogP contribution in [-0.4, -0.2) is 70.3 Å². The molecule has 0 N–H and O–H groups in total. The van der Waals surface area contributed by atoms with Gasteiger partial charge in [0.2, 0.25) is 5.91 Å². The third-order valence-corrected chi connectivity index (χ3v) is 8.83. The maximum atomic E-state index is 13.8. The van der Waals surface area contributed by atoms with Gasteiger partial charge >= 0.3 is 0 Å². The molecule has 2 aliphatic rings. The fraction of sp³-hybridized carbons (Fsp3) is 0.382. The molecule has 2 aromatic carbocycles. The Labute approximate surface area is 245 Å². The number of benzene rings is 2. The van der Waals surface area contributed by atoms with E-state index in [2.05, 4.69) is 15.5 Å². The summed E-state index contributed by atoms with van der Waals surface area (Å²) >= 11 is 0. The summed E-state index contributed by atoms with van der Waals surface area (Å²) in [5, 5.41) is 0. The van der Waals surface area contributed by atoms with E-state index in [1.54, 1.807) is 26.2 Å². The number of rotatable bonds is 7. The van der Waals surface area contributed by atoms with Crippen molar-refractivity contribution in [3.63, 3.8) is 0 Å². The molecular formula is C34H37FN4O3. The highest BCUT2D eigenvalue weighted by Gasteiger charge is 2.32. The molecule has 2 fully saturated rings. The number of ketones is 1. The molecule has 0 bridgehead atoms. The Kier molecular flexibility index (Phi) is 8.18. The normalized spacial score (nSPS) is 19.7. The number of imidazole rings is 1. The molecule has 4 aromatic rings. The predicted molar refractivity (Wildman–Crippen MR) is 161 cm³/mol. The lowest BCUT2D eigenvalue weighted by molar-refractivity contribution is -0.140. The van der Waals surface area contributed by atoms with Gasteiger partial charge in [0.05, 0.1) is 17.5 Å². The Morgan fingerprint density at radius 3 is 2.29 bits per heavy atom. The number of hydrogen-bond acceptors (Lipinski definition) is 5. The number of hydrogen-bond donors (Lipinski definition) is 0. The molecule has 1 saturated heterocycles. The van der Waals surface area contributed by atoms with Gasteiger partial charge in [0.25, 0.3) is 0 Å². The number of halogens is 1. The van der Waals surface area contributed by atoms with Gasteiger partial charge in [0.1, 0.15) is 11.5 Å². The van der Waals surface area contributed by atoms with Crippen LogP contribution in [0.1, 0.15) is 48.7 Å². The summed E-state index contributed by atoms with van der Waals surface area (Å²) in [5.74, 6) is 0.0779. The van der Waals surface area contributed by atoms with E-state index in [0.717, 1.165) is 72.5 Å². The van der Waals surface area contributed by atoms with Crippen LogP contribution >= 0.6 is 0 Å². The molecular weight excluding hydrogens is 531 g/mol. The Bertz CT molecular complexity index is 1570. The predicted octanol–water partition coefficient (Wildman–Crippen LogP) is 5.86. The van der Waals surface area contributed by atoms with Crippen molar-refractivity contribution in [2.45, 2.75) is 45.3 Å². The van der Waals surface area contributed by atoms with E-state index in [4.69, 9.17) is 9.72 Å². The van der Waals surface area contributed by atoms with E-state index >= 15 is 0 Å². The number of aromatic nitrogens is 2. The number of fused-ring (bicyclic) bond motifs is 1. The summed E-state index contributed by atoms with van der Waals surface area (Å²) in [6, 6.07) is 18.1. The third kappa shape index (κ3) is 5.87. The lowest BCUT2D eigenvalue weighted by Gasteiger charge is -2.38. The van der Waals surface area contributed by atoms with Gasteiger partial charge in [0, 0.05) is 63.1 Å². The minimum absolute atomic E-state index is 0.0394. The summed E-state index contributed by atoms with van der Waals surface area (Å²) < 4.78 is 21.5. The van der Waals surface area contributed by atoms with Gasteiger partial charge in [-0.1, -0.05) is 30.7 Å². The molecule has 1 aliphatic carbocycles. The third-order valence-electron chi connectivity index (χ3n) is 8.83. The van der Waals surface area contributed by atoms with Crippen molar-refractivity contribution in [1.29, 1.82) is 0 Å². The van der Waals surface area contributed by atoms with Crippen molar-refractivity contribution in [2.75, 3.05) is 33.3 Å². The number of carbonyl (C=O) groups is 2. The topological polar surface area (TPSA) is 67.2 Å². The zero-order chi connectivity index (χ0) is 29.2. The van der Waals surface area contributed by atoms with Crippen LogP contribution in [0.4, 0.5) is 4.39 Å². The molecule has 6 rings (SSSR count). The van der Waals surface area contributed by atoms with Crippen LogP contribution in [0.15, 0.2) is 66.9 Å². The molecule has 7 nitrogen and oxygen atoms in total. The maximum Gasteiger partial charge on any atom is 0.225 e. The molecule has 3 heterocycles. The zero-order valence-electron chi connectivity index (χ0n) is 24.3. The van der Waals surface area contributed by atoms with Crippen molar-refractivity contribution in [1.82, 2.24) is 19.2 Å². The molecule has 0 spiro atoms. The fourth-order valence-electron chi connectivity index (χ4n) is 6.33. The largest absolute Gasteiger partial charge is 0.381 e. The van der Waals surface area contributed by atoms with Crippen LogP contribution in [0, 0.1) is 11.7 Å². The SMILES string of the molecule is CO[C@H]1CCC[C@H](C(=O)N2CCN(Cc3c(-c4ccc(F)cc4)nc4ccc(-c5ccc(C(C)=O)cc5)cn34)CC2)C1. The molecule has 0 unspecified atom stereocenters. The first-order valence-electron chi connectivity index (χ1n) is 14.8. The smallest absolute Gasteiger partial charge is 0.225 e. The second-order valence-electron chi connectivity index (χ2n) is 11.5. The molecule has 0 radical (unpaired) electrons. The summed E-state index contributed by atoms with van der Waals surface area (Å²) in [7, 11) is 1.74. The average Bonchev–Trinajstić information content (AvgIpc) is 3.38. The lowest BCUT2D eigenvalue weighted by atomic mass is 9.86. The number of Topliss-reactive ketones (excluding diaryl/α,β-unsaturated/α-hetero) is 1. The minimum Gasteiger partial charge on any atom is -0.381 e. The van der Waals surface area contributed by atoms with Crippen molar-refractivity contribution in [3.05, 3.63) is 83.9 Å². The molecule has 8 heteroatoms.